The average Bonchev–Trinajstić information content (AvgIpc) is 3.18. The lowest BCUT2D eigenvalue weighted by Gasteiger charge is -2.31. The first-order valence-electron chi connectivity index (χ1n) is 12.0. The molecular formula is C24H30ClN5O3S. The molecule has 2 heterocycles. The van der Waals surface area contributed by atoms with Crippen LogP contribution in [0.4, 0.5) is 5.69 Å². The molecule has 4 rings (SSSR count). The highest BCUT2D eigenvalue weighted by molar-refractivity contribution is 7.15. The number of aromatic nitrogens is 2. The summed E-state index contributed by atoms with van der Waals surface area (Å²) in [6.45, 7) is 1.15. The van der Waals surface area contributed by atoms with Gasteiger partial charge in [-0.15, -0.1) is 10.2 Å². The molecule has 0 atom stereocenters. The molecule has 2 N–H and O–H groups in total. The van der Waals surface area contributed by atoms with Crippen molar-refractivity contribution in [1.29, 1.82) is 0 Å². The summed E-state index contributed by atoms with van der Waals surface area (Å²) in [6, 6.07) is 7.12. The molecule has 34 heavy (non-hydrogen) atoms. The quantitative estimate of drug-likeness (QED) is 0.564. The first-order chi connectivity index (χ1) is 16.5. The van der Waals surface area contributed by atoms with Gasteiger partial charge in [0.15, 0.2) is 0 Å². The van der Waals surface area contributed by atoms with Gasteiger partial charge >= 0.3 is 0 Å². The number of nitrogens with zero attached hydrogens (tertiary/aromatic N) is 3. The van der Waals surface area contributed by atoms with E-state index >= 15 is 0 Å². The van der Waals surface area contributed by atoms with E-state index in [0.29, 0.717) is 36.3 Å². The molecule has 0 spiro atoms. The highest BCUT2D eigenvalue weighted by atomic mass is 35.5. The summed E-state index contributed by atoms with van der Waals surface area (Å²) < 4.78 is 0. The van der Waals surface area contributed by atoms with Gasteiger partial charge in [-0.2, -0.15) is 0 Å². The highest BCUT2D eigenvalue weighted by Gasteiger charge is 2.28. The fourth-order valence-corrected chi connectivity index (χ4v) is 5.50. The minimum absolute atomic E-state index is 0.119. The molecule has 8 nitrogen and oxygen atoms in total. The van der Waals surface area contributed by atoms with Crippen molar-refractivity contribution in [2.24, 2.45) is 5.92 Å². The molecule has 10 heteroatoms. The molecule has 182 valence electrons. The van der Waals surface area contributed by atoms with Gasteiger partial charge in [0.1, 0.15) is 0 Å². The molecule has 0 radical (unpaired) electrons. The van der Waals surface area contributed by atoms with Crippen molar-refractivity contribution < 1.29 is 14.4 Å². The van der Waals surface area contributed by atoms with E-state index in [1.165, 1.54) is 25.7 Å². The maximum Gasteiger partial charge on any atom is 0.286 e. The Kier molecular flexibility index (Phi) is 8.50. The molecule has 2 aromatic rings. The summed E-state index contributed by atoms with van der Waals surface area (Å²) in [5, 5.41) is 14.6. The van der Waals surface area contributed by atoms with Crippen LogP contribution in [0, 0.1) is 5.92 Å². The van der Waals surface area contributed by atoms with E-state index in [2.05, 4.69) is 20.8 Å². The fraction of sp³-hybridized carbons (Fsp3) is 0.542. The number of carbonyl (C=O) groups excluding carboxylic acids is 3. The Bertz CT molecular complexity index is 1010. The van der Waals surface area contributed by atoms with E-state index in [4.69, 9.17) is 11.6 Å². The zero-order chi connectivity index (χ0) is 23.9. The lowest BCUT2D eigenvalue weighted by molar-refractivity contribution is -0.123. The molecular weight excluding hydrogens is 474 g/mol. The van der Waals surface area contributed by atoms with Crippen LogP contribution in [0.1, 0.15) is 77.4 Å². The van der Waals surface area contributed by atoms with E-state index in [0.717, 1.165) is 37.0 Å². The third-order valence-corrected chi connectivity index (χ3v) is 7.63. The molecule has 1 aliphatic carbocycles. The summed E-state index contributed by atoms with van der Waals surface area (Å²) in [5.41, 5.74) is 0.547. The summed E-state index contributed by atoms with van der Waals surface area (Å²) in [5.74, 6) is -0.239. The molecule has 3 amide bonds. The maximum absolute atomic E-state index is 12.9. The van der Waals surface area contributed by atoms with Crippen LogP contribution in [0.15, 0.2) is 24.3 Å². The number of anilines is 1. The molecule has 0 unspecified atom stereocenters. The van der Waals surface area contributed by atoms with E-state index in [1.807, 2.05) is 0 Å². The van der Waals surface area contributed by atoms with E-state index in [9.17, 15) is 14.4 Å². The predicted octanol–water partition coefficient (Wildman–Crippen LogP) is 4.53. The lowest BCUT2D eigenvalue weighted by atomic mass is 9.93. The zero-order valence-corrected chi connectivity index (χ0v) is 20.7. The number of rotatable bonds is 6. The van der Waals surface area contributed by atoms with Crippen molar-refractivity contribution in [3.8, 4) is 0 Å². The second-order valence-electron chi connectivity index (χ2n) is 9.07. The number of carbonyl (C=O) groups is 3. The Morgan fingerprint density at radius 3 is 2.41 bits per heavy atom. The number of halogens is 1. The van der Waals surface area contributed by atoms with Crippen molar-refractivity contribution in [2.45, 2.75) is 63.8 Å². The van der Waals surface area contributed by atoms with Gasteiger partial charge < -0.3 is 15.5 Å². The molecule has 1 aliphatic heterocycles. The minimum atomic E-state index is -0.433. The average molecular weight is 504 g/mol. The number of likely N-dealkylation sites (tertiary alicyclic amines) is 1. The van der Waals surface area contributed by atoms with Crippen LogP contribution in [0.5, 0.6) is 0 Å². The number of hydrogen-bond donors (Lipinski definition) is 2. The van der Waals surface area contributed by atoms with Gasteiger partial charge in [-0.3, -0.25) is 14.4 Å². The Balaban J connectivity index is 1.24. The molecule has 1 aromatic heterocycles. The molecule has 2 fully saturated rings. The summed E-state index contributed by atoms with van der Waals surface area (Å²) in [6.07, 6.45) is 9.17. The van der Waals surface area contributed by atoms with Crippen molar-refractivity contribution in [3.05, 3.63) is 39.3 Å². The van der Waals surface area contributed by atoms with Gasteiger partial charge in [-0.05, 0) is 49.8 Å². The second kappa shape index (κ2) is 11.8. The lowest BCUT2D eigenvalue weighted by Crippen LogP contribution is -2.41. The summed E-state index contributed by atoms with van der Waals surface area (Å²) in [4.78, 5) is 39.5. The van der Waals surface area contributed by atoms with Crippen LogP contribution in [-0.4, -0.2) is 52.0 Å². The van der Waals surface area contributed by atoms with Crippen molar-refractivity contribution in [3.63, 3.8) is 0 Å². The highest BCUT2D eigenvalue weighted by Crippen LogP contribution is 2.24. The first-order valence-corrected chi connectivity index (χ1v) is 13.2. The van der Waals surface area contributed by atoms with Crippen LogP contribution in [0.2, 0.25) is 5.02 Å². The molecule has 1 saturated carbocycles. The predicted molar refractivity (Wildman–Crippen MR) is 132 cm³/mol. The molecule has 2 aliphatic rings. The maximum atomic E-state index is 12.9. The normalized spacial score (nSPS) is 17.7. The Hall–Kier alpha value is -2.52. The number of amides is 3. The Morgan fingerprint density at radius 2 is 1.71 bits per heavy atom. The van der Waals surface area contributed by atoms with Gasteiger partial charge in [-0.1, -0.05) is 54.7 Å². The monoisotopic (exact) mass is 503 g/mol. The van der Waals surface area contributed by atoms with Crippen LogP contribution >= 0.6 is 22.9 Å². The van der Waals surface area contributed by atoms with Crippen molar-refractivity contribution >= 4 is 46.3 Å². The van der Waals surface area contributed by atoms with Crippen molar-refractivity contribution in [1.82, 2.24) is 20.4 Å². The third kappa shape index (κ3) is 6.76. The number of benzene rings is 1. The Morgan fingerprint density at radius 1 is 1.00 bits per heavy atom. The fourth-order valence-electron chi connectivity index (χ4n) is 4.60. The van der Waals surface area contributed by atoms with Gasteiger partial charge in [0.05, 0.1) is 0 Å². The Labute approximate surface area is 208 Å². The molecule has 0 bridgehead atoms. The zero-order valence-electron chi connectivity index (χ0n) is 19.1. The third-order valence-electron chi connectivity index (χ3n) is 6.48. The van der Waals surface area contributed by atoms with E-state index in [1.54, 1.807) is 29.2 Å². The number of nitrogens with one attached hydrogen (secondary N) is 2. The SMILES string of the molecule is O=C(CC1CCN(C(=O)c2nnc(C(=O)Nc3cccc(Cl)c3)s2)CC1)NC1CCCCCC1. The summed E-state index contributed by atoms with van der Waals surface area (Å²) in [7, 11) is 0. The largest absolute Gasteiger partial charge is 0.353 e. The van der Waals surface area contributed by atoms with E-state index < -0.39 is 5.91 Å². The van der Waals surface area contributed by atoms with Gasteiger partial charge in [-0.25, -0.2) is 0 Å². The van der Waals surface area contributed by atoms with Crippen LogP contribution in [0.3, 0.4) is 0 Å². The first kappa shape index (κ1) is 24.6. The topological polar surface area (TPSA) is 104 Å². The smallest absolute Gasteiger partial charge is 0.286 e. The minimum Gasteiger partial charge on any atom is -0.353 e. The van der Waals surface area contributed by atoms with E-state index in [-0.39, 0.29) is 27.7 Å². The van der Waals surface area contributed by atoms with Crippen LogP contribution < -0.4 is 10.6 Å². The second-order valence-corrected chi connectivity index (χ2v) is 10.5. The van der Waals surface area contributed by atoms with Crippen LogP contribution in [0.25, 0.3) is 0 Å². The van der Waals surface area contributed by atoms with Crippen LogP contribution in [-0.2, 0) is 4.79 Å². The van der Waals surface area contributed by atoms with Gasteiger partial charge in [0.2, 0.25) is 15.9 Å². The van der Waals surface area contributed by atoms with Crippen molar-refractivity contribution in [2.75, 3.05) is 18.4 Å². The van der Waals surface area contributed by atoms with Gasteiger partial charge in [0, 0.05) is 36.3 Å². The number of piperidine rings is 1. The number of hydrogen-bond acceptors (Lipinski definition) is 6. The standard InChI is InChI=1S/C24H30ClN5O3S/c25-17-6-5-9-19(15-17)27-21(32)22-28-29-23(34-22)24(33)30-12-10-16(11-13-30)14-20(31)26-18-7-3-1-2-4-8-18/h5-6,9,15-16,18H,1-4,7-8,10-14H2,(H,26,31)(H,27,32). The summed E-state index contributed by atoms with van der Waals surface area (Å²) >= 11 is 6.92. The molecule has 1 aromatic carbocycles. The van der Waals surface area contributed by atoms with Gasteiger partial charge in [0.25, 0.3) is 11.8 Å². The molecule has 1 saturated heterocycles.